The van der Waals surface area contributed by atoms with E-state index >= 15 is 0 Å². The molecule has 4 heteroatoms. The van der Waals surface area contributed by atoms with Crippen LogP contribution in [0.2, 0.25) is 0 Å². The molecule has 1 saturated carbocycles. The minimum Gasteiger partial charge on any atom is -0.457 e. The summed E-state index contributed by atoms with van der Waals surface area (Å²) in [6, 6.07) is 0. The van der Waals surface area contributed by atoms with Crippen LogP contribution in [0.25, 0.3) is 0 Å². The van der Waals surface area contributed by atoms with Gasteiger partial charge in [-0.2, -0.15) is 0 Å². The molecule has 0 aliphatic heterocycles. The van der Waals surface area contributed by atoms with Crippen molar-refractivity contribution in [3.05, 3.63) is 0 Å². The molecule has 1 aliphatic rings. The van der Waals surface area contributed by atoms with Crippen molar-refractivity contribution in [3.8, 4) is 0 Å². The topological polar surface area (TPSA) is 52.6 Å². The number of carbonyl (C=O) groups excluding carboxylic acids is 2. The van der Waals surface area contributed by atoms with Crippen molar-refractivity contribution in [2.24, 2.45) is 22.2 Å². The first-order valence-corrected chi connectivity index (χ1v) is 8.69. The second-order valence-electron chi connectivity index (χ2n) is 8.71. The third-order valence-electron chi connectivity index (χ3n) is 6.22. The van der Waals surface area contributed by atoms with Crippen LogP contribution in [0.5, 0.6) is 0 Å². The lowest BCUT2D eigenvalue weighted by molar-refractivity contribution is -0.173. The van der Waals surface area contributed by atoms with E-state index in [0.29, 0.717) is 6.42 Å². The van der Waals surface area contributed by atoms with Gasteiger partial charge < -0.3 is 9.47 Å². The number of rotatable bonds is 6. The second-order valence-corrected chi connectivity index (χ2v) is 8.71. The van der Waals surface area contributed by atoms with E-state index in [0.717, 1.165) is 6.42 Å². The summed E-state index contributed by atoms with van der Waals surface area (Å²) in [6.07, 6.45) is 1.62. The molecule has 0 bridgehead atoms. The Morgan fingerprint density at radius 3 is 1.96 bits per heavy atom. The van der Waals surface area contributed by atoms with E-state index in [-0.39, 0.29) is 29.3 Å². The van der Waals surface area contributed by atoms with Gasteiger partial charge in [0.2, 0.25) is 0 Å². The maximum atomic E-state index is 12.9. The van der Waals surface area contributed by atoms with Crippen LogP contribution in [-0.4, -0.2) is 24.1 Å². The zero-order valence-corrected chi connectivity index (χ0v) is 16.3. The summed E-state index contributed by atoms with van der Waals surface area (Å²) in [5.41, 5.74) is -1.39. The largest absolute Gasteiger partial charge is 0.457 e. The molecule has 0 amide bonds. The van der Waals surface area contributed by atoms with Gasteiger partial charge in [0.05, 0.1) is 5.41 Å². The van der Waals surface area contributed by atoms with Crippen LogP contribution in [0, 0.1) is 22.2 Å². The fourth-order valence-electron chi connectivity index (χ4n) is 4.37. The van der Waals surface area contributed by atoms with E-state index in [1.165, 1.54) is 0 Å². The fraction of sp³-hybridized carbons (Fsp3) is 0.895. The van der Waals surface area contributed by atoms with Crippen LogP contribution in [0.3, 0.4) is 0 Å². The molecule has 0 spiro atoms. The maximum absolute atomic E-state index is 12.9. The van der Waals surface area contributed by atoms with Crippen LogP contribution in [0.1, 0.15) is 75.2 Å². The van der Waals surface area contributed by atoms with Gasteiger partial charge in [-0.3, -0.25) is 4.79 Å². The molecule has 0 saturated heterocycles. The Kier molecular flexibility index (Phi) is 5.30. The van der Waals surface area contributed by atoms with Gasteiger partial charge in [-0.05, 0) is 43.4 Å². The molecule has 0 aromatic carbocycles. The molecule has 0 radical (unpaired) electrons. The highest BCUT2D eigenvalue weighted by Crippen LogP contribution is 2.77. The summed E-state index contributed by atoms with van der Waals surface area (Å²) in [7, 11) is 0. The van der Waals surface area contributed by atoms with Gasteiger partial charge in [-0.1, -0.05) is 48.5 Å². The average Bonchev–Trinajstić information content (AvgIpc) is 2.94. The first-order chi connectivity index (χ1) is 10.3. The van der Waals surface area contributed by atoms with Crippen LogP contribution < -0.4 is 0 Å². The lowest BCUT2D eigenvalue weighted by Crippen LogP contribution is -2.39. The van der Waals surface area contributed by atoms with Gasteiger partial charge in [0.25, 0.3) is 0 Å². The highest BCUT2D eigenvalue weighted by molar-refractivity contribution is 5.86. The Hall–Kier alpha value is -1.06. The van der Waals surface area contributed by atoms with E-state index in [4.69, 9.17) is 9.47 Å². The molecule has 4 nitrogen and oxygen atoms in total. The molecular formula is C19H34O4. The Morgan fingerprint density at radius 2 is 1.61 bits per heavy atom. The average molecular weight is 326 g/mol. The van der Waals surface area contributed by atoms with E-state index in [9.17, 15) is 9.59 Å². The summed E-state index contributed by atoms with van der Waals surface area (Å²) in [5.74, 6) is -0.524. The van der Waals surface area contributed by atoms with E-state index < -0.39 is 17.0 Å². The lowest BCUT2D eigenvalue weighted by atomic mass is 9.71. The normalized spacial score (nSPS) is 30.7. The van der Waals surface area contributed by atoms with Crippen molar-refractivity contribution in [3.63, 3.8) is 0 Å². The number of carbonyl (C=O) groups is 2. The monoisotopic (exact) mass is 326 g/mol. The van der Waals surface area contributed by atoms with Crippen molar-refractivity contribution in [2.75, 3.05) is 6.61 Å². The smallest absolute Gasteiger partial charge is 0.344 e. The van der Waals surface area contributed by atoms with Crippen molar-refractivity contribution in [1.29, 1.82) is 0 Å². The van der Waals surface area contributed by atoms with Crippen LogP contribution in [-0.2, 0) is 19.1 Å². The Labute approximate surface area is 141 Å². The third kappa shape index (κ3) is 3.14. The fourth-order valence-corrected chi connectivity index (χ4v) is 4.37. The molecule has 0 heterocycles. The predicted molar refractivity (Wildman–Crippen MR) is 90.9 cm³/mol. The van der Waals surface area contributed by atoms with E-state index in [1.54, 1.807) is 0 Å². The number of hydrogen-bond acceptors (Lipinski definition) is 4. The molecule has 0 aromatic rings. The van der Waals surface area contributed by atoms with E-state index in [2.05, 4.69) is 41.5 Å². The minimum atomic E-state index is -0.546. The van der Waals surface area contributed by atoms with Crippen molar-refractivity contribution in [1.82, 2.24) is 0 Å². The molecule has 0 aromatic heterocycles. The van der Waals surface area contributed by atoms with Crippen LogP contribution in [0.15, 0.2) is 0 Å². The Balaban J connectivity index is 2.82. The van der Waals surface area contributed by atoms with Gasteiger partial charge in [-0.25, -0.2) is 4.79 Å². The molecular weight excluding hydrogens is 292 g/mol. The molecule has 1 aliphatic carbocycles. The zero-order chi connectivity index (χ0) is 18.3. The molecule has 23 heavy (non-hydrogen) atoms. The van der Waals surface area contributed by atoms with Gasteiger partial charge >= 0.3 is 11.9 Å². The van der Waals surface area contributed by atoms with Crippen molar-refractivity contribution in [2.45, 2.75) is 80.8 Å². The number of esters is 2. The van der Waals surface area contributed by atoms with Gasteiger partial charge in [0.1, 0.15) is 5.60 Å². The first-order valence-electron chi connectivity index (χ1n) is 8.69. The van der Waals surface area contributed by atoms with Crippen molar-refractivity contribution < 1.29 is 19.1 Å². The highest BCUT2D eigenvalue weighted by Gasteiger charge is 2.79. The highest BCUT2D eigenvalue weighted by atomic mass is 16.6. The van der Waals surface area contributed by atoms with Gasteiger partial charge in [0, 0.05) is 0 Å². The minimum absolute atomic E-state index is 0.0884. The number of hydrogen-bond donors (Lipinski definition) is 0. The summed E-state index contributed by atoms with van der Waals surface area (Å²) < 4.78 is 10.7. The quantitative estimate of drug-likeness (QED) is 0.681. The third-order valence-corrected chi connectivity index (χ3v) is 6.22. The Bertz CT molecular complexity index is 474. The standard InChI is InChI=1S/C19H34O4/c1-10-17(7,8)23-14(20)12-22-15(21)19(16(4,5)6)13(3)18(19,9)11-2/h13H,10-12H2,1-9H3. The van der Waals surface area contributed by atoms with Crippen LogP contribution in [0.4, 0.5) is 0 Å². The molecule has 1 fully saturated rings. The summed E-state index contributed by atoms with van der Waals surface area (Å²) in [5, 5.41) is 0. The first kappa shape index (κ1) is 20.0. The summed E-state index contributed by atoms with van der Waals surface area (Å²) >= 11 is 0. The molecule has 3 atom stereocenters. The molecule has 134 valence electrons. The van der Waals surface area contributed by atoms with E-state index in [1.807, 2.05) is 20.8 Å². The number of ether oxygens (including phenoxy) is 2. The van der Waals surface area contributed by atoms with Gasteiger partial charge in [0.15, 0.2) is 6.61 Å². The Morgan fingerprint density at radius 1 is 1.09 bits per heavy atom. The summed E-state index contributed by atoms with van der Waals surface area (Å²) in [4.78, 5) is 24.8. The molecule has 0 N–H and O–H groups in total. The summed E-state index contributed by atoms with van der Waals surface area (Å²) in [6.45, 7) is 17.9. The van der Waals surface area contributed by atoms with Crippen molar-refractivity contribution >= 4 is 11.9 Å². The van der Waals surface area contributed by atoms with Gasteiger partial charge in [-0.15, -0.1) is 0 Å². The zero-order valence-electron chi connectivity index (χ0n) is 16.3. The predicted octanol–water partition coefficient (Wildman–Crippen LogP) is 4.36. The lowest BCUT2D eigenvalue weighted by Gasteiger charge is -2.33. The molecule has 3 unspecified atom stereocenters. The SMILES string of the molecule is CCC(C)(C)OC(=O)COC(=O)C1(C(C)(C)C)C(C)C1(C)CC. The maximum Gasteiger partial charge on any atom is 0.344 e. The van der Waals surface area contributed by atoms with Crippen LogP contribution >= 0.6 is 0 Å². The second kappa shape index (κ2) is 6.10. The molecule has 1 rings (SSSR count).